The Bertz CT molecular complexity index is 273. The van der Waals surface area contributed by atoms with Gasteiger partial charge in [0.2, 0.25) is 0 Å². The molecule has 0 unspecified atom stereocenters. The van der Waals surface area contributed by atoms with E-state index in [0.29, 0.717) is 17.9 Å². The fourth-order valence-electron chi connectivity index (χ4n) is 1.06. The van der Waals surface area contributed by atoms with Crippen LogP contribution in [0.25, 0.3) is 0 Å². The predicted octanol–water partition coefficient (Wildman–Crippen LogP) is 1.69. The third-order valence-electron chi connectivity index (χ3n) is 1.62. The Kier molecular flexibility index (Phi) is 1.51. The summed E-state index contributed by atoms with van der Waals surface area (Å²) in [6, 6.07) is 4.76. The van der Waals surface area contributed by atoms with Crippen LogP contribution < -0.4 is 4.74 Å². The topological polar surface area (TPSA) is 18.5 Å². The van der Waals surface area contributed by atoms with Crippen molar-refractivity contribution >= 4 is 0 Å². The number of hydrogen-bond acceptors (Lipinski definition) is 2. The minimum Gasteiger partial charge on any atom is -0.467 e. The average Bonchev–Trinajstić information content (AvgIpc) is 2.06. The molecule has 0 aromatic heterocycles. The van der Waals surface area contributed by atoms with Crippen LogP contribution in [0.1, 0.15) is 5.56 Å². The van der Waals surface area contributed by atoms with Gasteiger partial charge in [0.15, 0.2) is 6.79 Å². The fourth-order valence-corrected chi connectivity index (χ4v) is 1.06. The second-order valence-corrected chi connectivity index (χ2v) is 2.33. The number of ether oxygens (including phenoxy) is 2. The molecule has 0 amide bonds. The molecule has 0 aliphatic carbocycles. The first kappa shape index (κ1) is 6.61. The maximum absolute atomic E-state index is 12.9. The largest absolute Gasteiger partial charge is 0.467 e. The molecule has 0 saturated heterocycles. The van der Waals surface area contributed by atoms with Gasteiger partial charge in [0.1, 0.15) is 11.6 Å². The van der Waals surface area contributed by atoms with Crippen molar-refractivity contribution in [1.82, 2.24) is 0 Å². The van der Waals surface area contributed by atoms with Crippen LogP contribution in [0.3, 0.4) is 0 Å². The maximum Gasteiger partial charge on any atom is 0.189 e. The molecule has 1 aliphatic heterocycles. The number of fused-ring (bicyclic) bond motifs is 1. The second kappa shape index (κ2) is 2.51. The van der Waals surface area contributed by atoms with Gasteiger partial charge in [0.05, 0.1) is 12.2 Å². The summed E-state index contributed by atoms with van der Waals surface area (Å²) in [6.45, 7) is 0.526. The minimum atomic E-state index is -0.262. The van der Waals surface area contributed by atoms with Crippen LogP contribution in [0, 0.1) is 5.82 Å². The molecular weight excluding hydrogens is 147 g/mol. The molecule has 0 saturated carbocycles. The molecular formula is C8H7FO2. The highest BCUT2D eigenvalue weighted by atomic mass is 19.1. The van der Waals surface area contributed by atoms with E-state index in [4.69, 9.17) is 9.47 Å². The van der Waals surface area contributed by atoms with Crippen LogP contribution in [-0.4, -0.2) is 6.79 Å². The molecule has 0 bridgehead atoms. The van der Waals surface area contributed by atoms with Gasteiger partial charge >= 0.3 is 0 Å². The van der Waals surface area contributed by atoms with Crippen molar-refractivity contribution in [2.75, 3.05) is 6.79 Å². The molecule has 0 atom stereocenters. The minimum absolute atomic E-state index is 0.219. The first-order chi connectivity index (χ1) is 5.38. The van der Waals surface area contributed by atoms with Gasteiger partial charge < -0.3 is 9.47 Å². The molecule has 3 heteroatoms. The third kappa shape index (κ3) is 1.07. The number of hydrogen-bond donors (Lipinski definition) is 0. The Labute approximate surface area is 63.5 Å². The lowest BCUT2D eigenvalue weighted by Crippen LogP contribution is -2.12. The van der Waals surface area contributed by atoms with Gasteiger partial charge in [0.25, 0.3) is 0 Å². The lowest BCUT2D eigenvalue weighted by molar-refractivity contribution is -0.0182. The molecule has 1 heterocycles. The molecule has 0 fully saturated rings. The van der Waals surface area contributed by atoms with Gasteiger partial charge in [-0.15, -0.1) is 0 Å². The van der Waals surface area contributed by atoms with E-state index >= 15 is 0 Å². The standard InChI is InChI=1S/C8H7FO2/c9-7-2-1-3-8-6(7)4-10-5-11-8/h1-3H,4-5H2. The monoisotopic (exact) mass is 154 g/mol. The highest BCUT2D eigenvalue weighted by Gasteiger charge is 2.13. The summed E-state index contributed by atoms with van der Waals surface area (Å²) >= 11 is 0. The molecule has 0 N–H and O–H groups in total. The quantitative estimate of drug-likeness (QED) is 0.566. The van der Waals surface area contributed by atoms with Crippen molar-refractivity contribution in [3.63, 3.8) is 0 Å². The van der Waals surface area contributed by atoms with E-state index in [-0.39, 0.29) is 12.6 Å². The SMILES string of the molecule is Fc1cccc2c1COCO2. The van der Waals surface area contributed by atoms with Gasteiger partial charge in [-0.2, -0.15) is 0 Å². The summed E-state index contributed by atoms with van der Waals surface area (Å²) in [5, 5.41) is 0. The van der Waals surface area contributed by atoms with Gasteiger partial charge in [-0.25, -0.2) is 4.39 Å². The van der Waals surface area contributed by atoms with Gasteiger partial charge in [-0.05, 0) is 12.1 Å². The van der Waals surface area contributed by atoms with Gasteiger partial charge in [-0.1, -0.05) is 6.07 Å². The van der Waals surface area contributed by atoms with E-state index in [2.05, 4.69) is 0 Å². The van der Waals surface area contributed by atoms with Crippen LogP contribution in [0.15, 0.2) is 18.2 Å². The molecule has 2 rings (SSSR count). The van der Waals surface area contributed by atoms with Crippen molar-refractivity contribution in [3.05, 3.63) is 29.6 Å². The van der Waals surface area contributed by atoms with E-state index in [1.54, 1.807) is 12.1 Å². The smallest absolute Gasteiger partial charge is 0.189 e. The maximum atomic E-state index is 12.9. The van der Waals surface area contributed by atoms with E-state index in [1.807, 2.05) is 0 Å². The molecule has 1 aromatic carbocycles. The van der Waals surface area contributed by atoms with Crippen molar-refractivity contribution in [3.8, 4) is 5.75 Å². The normalized spacial score (nSPS) is 15.4. The molecule has 0 spiro atoms. The predicted molar refractivity (Wildman–Crippen MR) is 36.7 cm³/mol. The zero-order valence-electron chi connectivity index (χ0n) is 5.84. The van der Waals surface area contributed by atoms with Crippen LogP contribution in [0.2, 0.25) is 0 Å². The average molecular weight is 154 g/mol. The lowest BCUT2D eigenvalue weighted by atomic mass is 10.2. The zero-order chi connectivity index (χ0) is 7.68. The Morgan fingerprint density at radius 2 is 2.27 bits per heavy atom. The second-order valence-electron chi connectivity index (χ2n) is 2.33. The van der Waals surface area contributed by atoms with E-state index in [9.17, 15) is 4.39 Å². The van der Waals surface area contributed by atoms with E-state index < -0.39 is 0 Å². The Hall–Kier alpha value is -1.09. The molecule has 1 aliphatic rings. The first-order valence-electron chi connectivity index (χ1n) is 3.36. The Balaban J connectivity index is 2.49. The summed E-state index contributed by atoms with van der Waals surface area (Å²) in [5.74, 6) is 0.332. The molecule has 1 aromatic rings. The molecule has 11 heavy (non-hydrogen) atoms. The van der Waals surface area contributed by atoms with Crippen LogP contribution in [0.4, 0.5) is 4.39 Å². The van der Waals surface area contributed by atoms with E-state index in [0.717, 1.165) is 0 Å². The van der Waals surface area contributed by atoms with Crippen LogP contribution in [0.5, 0.6) is 5.75 Å². The molecule has 0 radical (unpaired) electrons. The van der Waals surface area contributed by atoms with Gasteiger partial charge in [-0.3, -0.25) is 0 Å². The van der Waals surface area contributed by atoms with Crippen LogP contribution in [-0.2, 0) is 11.3 Å². The highest BCUT2D eigenvalue weighted by Crippen LogP contribution is 2.25. The zero-order valence-corrected chi connectivity index (χ0v) is 5.84. The Morgan fingerprint density at radius 1 is 1.36 bits per heavy atom. The summed E-state index contributed by atoms with van der Waals surface area (Å²) in [5.41, 5.74) is 0.513. The van der Waals surface area contributed by atoms with E-state index in [1.165, 1.54) is 6.07 Å². The van der Waals surface area contributed by atoms with Crippen LogP contribution >= 0.6 is 0 Å². The van der Waals surface area contributed by atoms with Crippen molar-refractivity contribution < 1.29 is 13.9 Å². The fraction of sp³-hybridized carbons (Fsp3) is 0.250. The summed E-state index contributed by atoms with van der Waals surface area (Å²) in [7, 11) is 0. The van der Waals surface area contributed by atoms with Crippen molar-refractivity contribution in [2.24, 2.45) is 0 Å². The number of benzene rings is 1. The third-order valence-corrected chi connectivity index (χ3v) is 1.62. The number of halogens is 1. The van der Waals surface area contributed by atoms with Crippen molar-refractivity contribution in [1.29, 1.82) is 0 Å². The summed E-state index contributed by atoms with van der Waals surface area (Å²) in [6.07, 6.45) is 0. The molecule has 2 nitrogen and oxygen atoms in total. The summed E-state index contributed by atoms with van der Waals surface area (Å²) < 4.78 is 22.9. The first-order valence-corrected chi connectivity index (χ1v) is 3.36. The highest BCUT2D eigenvalue weighted by molar-refractivity contribution is 5.34. The molecule has 58 valence electrons. The summed E-state index contributed by atoms with van der Waals surface area (Å²) in [4.78, 5) is 0. The van der Waals surface area contributed by atoms with Crippen molar-refractivity contribution in [2.45, 2.75) is 6.61 Å². The number of rotatable bonds is 0. The lowest BCUT2D eigenvalue weighted by Gasteiger charge is -2.17. The van der Waals surface area contributed by atoms with Gasteiger partial charge in [0, 0.05) is 0 Å². The Morgan fingerprint density at radius 3 is 3.09 bits per heavy atom.